The Kier molecular flexibility index (Phi) is 4.43. The van der Waals surface area contributed by atoms with Crippen LogP contribution in [0.1, 0.15) is 27.7 Å². The van der Waals surface area contributed by atoms with E-state index < -0.39 is 0 Å². The van der Waals surface area contributed by atoms with Gasteiger partial charge in [-0.05, 0) is 27.7 Å². The second kappa shape index (κ2) is 6.26. The first-order chi connectivity index (χ1) is 11.1. The molecule has 0 bridgehead atoms. The molecule has 5 nitrogen and oxygen atoms in total. The van der Waals surface area contributed by atoms with E-state index in [-0.39, 0.29) is 12.2 Å². The predicted molar refractivity (Wildman–Crippen MR) is 84.3 cm³/mol. The van der Waals surface area contributed by atoms with Crippen LogP contribution in [-0.2, 0) is 23.7 Å². The third kappa shape index (κ3) is 2.74. The Morgan fingerprint density at radius 1 is 0.565 bits per heavy atom. The van der Waals surface area contributed by atoms with Gasteiger partial charge in [0.05, 0.1) is 63.1 Å². The molecule has 4 aliphatic heterocycles. The molecular formula is C18H30O5. The van der Waals surface area contributed by atoms with Crippen molar-refractivity contribution in [2.24, 2.45) is 23.7 Å². The summed E-state index contributed by atoms with van der Waals surface area (Å²) in [5, 5.41) is 0. The van der Waals surface area contributed by atoms with Crippen molar-refractivity contribution >= 4 is 0 Å². The van der Waals surface area contributed by atoms with E-state index in [0.717, 1.165) is 26.4 Å². The van der Waals surface area contributed by atoms with E-state index in [1.807, 2.05) is 0 Å². The number of ether oxygens (including phenoxy) is 5. The van der Waals surface area contributed by atoms with E-state index in [4.69, 9.17) is 23.7 Å². The van der Waals surface area contributed by atoms with Crippen molar-refractivity contribution in [3.8, 4) is 0 Å². The Labute approximate surface area is 138 Å². The fourth-order valence-corrected chi connectivity index (χ4v) is 4.27. The lowest BCUT2D eigenvalue weighted by molar-refractivity contribution is -0.288. The van der Waals surface area contributed by atoms with Crippen LogP contribution in [0.3, 0.4) is 0 Å². The summed E-state index contributed by atoms with van der Waals surface area (Å²) >= 11 is 0. The molecule has 0 amide bonds. The summed E-state index contributed by atoms with van der Waals surface area (Å²) in [6.45, 7) is 11.9. The maximum Gasteiger partial charge on any atom is 0.0729 e. The van der Waals surface area contributed by atoms with Crippen LogP contribution in [0, 0.1) is 23.7 Å². The number of hydrogen-bond acceptors (Lipinski definition) is 5. The molecule has 8 unspecified atom stereocenters. The van der Waals surface area contributed by atoms with Crippen molar-refractivity contribution in [1.29, 1.82) is 0 Å². The third-order valence-electron chi connectivity index (χ3n) is 6.62. The van der Waals surface area contributed by atoms with Crippen molar-refractivity contribution < 1.29 is 23.7 Å². The van der Waals surface area contributed by atoms with Crippen LogP contribution in [0.25, 0.3) is 0 Å². The molecule has 0 saturated carbocycles. The molecule has 4 rings (SSSR count). The lowest BCUT2D eigenvalue weighted by Crippen LogP contribution is -2.62. The quantitative estimate of drug-likeness (QED) is 0.746. The minimum atomic E-state index is 0.230. The lowest BCUT2D eigenvalue weighted by Gasteiger charge is -2.53. The Morgan fingerprint density at radius 3 is 0.957 bits per heavy atom. The SMILES string of the molecule is CC1OCC1C(OC(C1COC1C)C1COC1C)C1COC1C. The normalized spacial score (nSPS) is 51.7. The van der Waals surface area contributed by atoms with Gasteiger partial charge in [-0.25, -0.2) is 0 Å². The molecule has 0 aromatic carbocycles. The van der Waals surface area contributed by atoms with Crippen LogP contribution < -0.4 is 0 Å². The van der Waals surface area contributed by atoms with Gasteiger partial charge >= 0.3 is 0 Å². The highest BCUT2D eigenvalue weighted by Crippen LogP contribution is 2.42. The van der Waals surface area contributed by atoms with Gasteiger partial charge in [-0.15, -0.1) is 0 Å². The summed E-state index contributed by atoms with van der Waals surface area (Å²) in [7, 11) is 0. The van der Waals surface area contributed by atoms with Gasteiger partial charge in [-0.1, -0.05) is 0 Å². The predicted octanol–water partition coefficient (Wildman–Crippen LogP) is 1.88. The van der Waals surface area contributed by atoms with Gasteiger partial charge in [-0.3, -0.25) is 0 Å². The summed E-state index contributed by atoms with van der Waals surface area (Å²) in [5.41, 5.74) is 0. The fourth-order valence-electron chi connectivity index (χ4n) is 4.27. The molecule has 0 radical (unpaired) electrons. The minimum absolute atomic E-state index is 0.230. The summed E-state index contributed by atoms with van der Waals surface area (Å²) in [6.07, 6.45) is 1.62. The van der Waals surface area contributed by atoms with Crippen molar-refractivity contribution in [2.75, 3.05) is 26.4 Å². The standard InChI is InChI=1S/C18H30O5/c1-9-13(5-19-9)17(14-6-20-10(14)2)23-18(15-7-21-11(15)3)16-8-22-12(16)4/h9-18H,5-8H2,1-4H3. The highest BCUT2D eigenvalue weighted by atomic mass is 16.6. The summed E-state index contributed by atoms with van der Waals surface area (Å²) < 4.78 is 29.4. The molecule has 0 aromatic heterocycles. The van der Waals surface area contributed by atoms with Crippen LogP contribution in [-0.4, -0.2) is 63.1 Å². The second-order valence-electron chi connectivity index (χ2n) is 7.87. The van der Waals surface area contributed by atoms with Crippen molar-refractivity contribution in [1.82, 2.24) is 0 Å². The first-order valence-corrected chi connectivity index (χ1v) is 9.18. The van der Waals surface area contributed by atoms with Crippen LogP contribution in [0.15, 0.2) is 0 Å². The molecule has 23 heavy (non-hydrogen) atoms. The fraction of sp³-hybridized carbons (Fsp3) is 1.00. The molecular weight excluding hydrogens is 296 g/mol. The van der Waals surface area contributed by atoms with Gasteiger partial charge in [-0.2, -0.15) is 0 Å². The van der Waals surface area contributed by atoms with Gasteiger partial charge in [0.25, 0.3) is 0 Å². The van der Waals surface area contributed by atoms with E-state index in [1.165, 1.54) is 0 Å². The third-order valence-corrected chi connectivity index (χ3v) is 6.62. The van der Waals surface area contributed by atoms with Gasteiger partial charge in [0.2, 0.25) is 0 Å². The van der Waals surface area contributed by atoms with Gasteiger partial charge in [0.1, 0.15) is 0 Å². The molecule has 132 valence electrons. The lowest BCUT2D eigenvalue weighted by atomic mass is 9.77. The minimum Gasteiger partial charge on any atom is -0.378 e. The Balaban J connectivity index is 1.49. The average Bonchev–Trinajstić information content (AvgIpc) is 2.48. The zero-order valence-electron chi connectivity index (χ0n) is 14.6. The molecule has 4 aliphatic rings. The summed E-state index contributed by atoms with van der Waals surface area (Å²) in [5.74, 6) is 1.95. The molecule has 0 N–H and O–H groups in total. The van der Waals surface area contributed by atoms with Crippen LogP contribution in [0.4, 0.5) is 0 Å². The van der Waals surface area contributed by atoms with Crippen molar-refractivity contribution in [3.05, 3.63) is 0 Å². The highest BCUT2D eigenvalue weighted by molar-refractivity contribution is 4.97. The molecule has 4 heterocycles. The van der Waals surface area contributed by atoms with E-state index in [0.29, 0.717) is 48.1 Å². The van der Waals surface area contributed by atoms with Crippen molar-refractivity contribution in [2.45, 2.75) is 64.3 Å². The first-order valence-electron chi connectivity index (χ1n) is 9.18. The topological polar surface area (TPSA) is 46.2 Å². The smallest absolute Gasteiger partial charge is 0.0729 e. The maximum atomic E-state index is 6.83. The van der Waals surface area contributed by atoms with E-state index in [1.54, 1.807) is 0 Å². The number of rotatable bonds is 6. The van der Waals surface area contributed by atoms with Gasteiger partial charge in [0.15, 0.2) is 0 Å². The van der Waals surface area contributed by atoms with Gasteiger partial charge < -0.3 is 23.7 Å². The van der Waals surface area contributed by atoms with Crippen LogP contribution in [0.2, 0.25) is 0 Å². The Morgan fingerprint density at radius 2 is 0.826 bits per heavy atom. The molecule has 8 atom stereocenters. The second-order valence-corrected chi connectivity index (χ2v) is 7.87. The Hall–Kier alpha value is -0.200. The first kappa shape index (κ1) is 16.3. The van der Waals surface area contributed by atoms with E-state index in [9.17, 15) is 0 Å². The van der Waals surface area contributed by atoms with E-state index in [2.05, 4.69) is 27.7 Å². The molecule has 4 fully saturated rings. The van der Waals surface area contributed by atoms with Crippen LogP contribution in [0.5, 0.6) is 0 Å². The number of hydrogen-bond donors (Lipinski definition) is 0. The molecule has 0 aliphatic carbocycles. The molecule has 5 heteroatoms. The van der Waals surface area contributed by atoms with E-state index >= 15 is 0 Å². The van der Waals surface area contributed by atoms with Gasteiger partial charge in [0, 0.05) is 23.7 Å². The monoisotopic (exact) mass is 326 g/mol. The molecule has 0 aromatic rings. The molecule has 0 spiro atoms. The zero-order valence-corrected chi connectivity index (χ0v) is 14.6. The Bertz CT molecular complexity index is 356. The maximum absolute atomic E-state index is 6.83. The summed E-state index contributed by atoms with van der Waals surface area (Å²) in [4.78, 5) is 0. The largest absolute Gasteiger partial charge is 0.378 e. The van der Waals surface area contributed by atoms with Crippen LogP contribution >= 0.6 is 0 Å². The zero-order chi connectivity index (χ0) is 16.1. The average molecular weight is 326 g/mol. The summed E-state index contributed by atoms with van der Waals surface area (Å²) in [6, 6.07) is 0. The molecule has 4 saturated heterocycles. The highest BCUT2D eigenvalue weighted by Gasteiger charge is 2.51. The van der Waals surface area contributed by atoms with Crippen molar-refractivity contribution in [3.63, 3.8) is 0 Å².